The molecule has 2 aromatic carbocycles. The molecular formula is C23H28N4O4. The van der Waals surface area contributed by atoms with Crippen molar-refractivity contribution in [1.82, 2.24) is 10.6 Å². The predicted octanol–water partition coefficient (Wildman–Crippen LogP) is 4.98. The van der Waals surface area contributed by atoms with Crippen molar-refractivity contribution in [2.45, 2.75) is 38.5 Å². The van der Waals surface area contributed by atoms with Crippen LogP contribution in [0.25, 0.3) is 0 Å². The van der Waals surface area contributed by atoms with Crippen molar-refractivity contribution in [3.63, 3.8) is 0 Å². The zero-order valence-electron chi connectivity index (χ0n) is 17.5. The molecule has 164 valence electrons. The number of carbonyl (C=O) groups is 2. The van der Waals surface area contributed by atoms with Gasteiger partial charge in [-0.25, -0.2) is 9.59 Å². The van der Waals surface area contributed by atoms with Crippen LogP contribution in [0.1, 0.15) is 48.0 Å². The quantitative estimate of drug-likeness (QED) is 0.601. The van der Waals surface area contributed by atoms with E-state index in [1.807, 2.05) is 6.07 Å². The summed E-state index contributed by atoms with van der Waals surface area (Å²) in [5.74, 6) is -0.557. The van der Waals surface area contributed by atoms with Gasteiger partial charge in [0.15, 0.2) is 0 Å². The van der Waals surface area contributed by atoms with Crippen LogP contribution in [-0.2, 0) is 6.42 Å². The van der Waals surface area contributed by atoms with Crippen LogP contribution in [0.5, 0.6) is 5.75 Å². The van der Waals surface area contributed by atoms with Crippen LogP contribution in [-0.4, -0.2) is 36.8 Å². The highest BCUT2D eigenvalue weighted by atomic mass is 16.6. The van der Waals surface area contributed by atoms with Crippen molar-refractivity contribution in [3.8, 4) is 5.75 Å². The molecule has 1 aliphatic rings. The Morgan fingerprint density at radius 1 is 0.935 bits per heavy atom. The third-order valence-electron chi connectivity index (χ3n) is 5.00. The number of benzene rings is 2. The van der Waals surface area contributed by atoms with Crippen molar-refractivity contribution in [3.05, 3.63) is 53.6 Å². The number of fused-ring (bicyclic) bond motifs is 1. The Morgan fingerprint density at radius 2 is 1.71 bits per heavy atom. The van der Waals surface area contributed by atoms with Gasteiger partial charge in [0.05, 0.1) is 11.3 Å². The number of hydrogen-bond acceptors (Lipinski definition) is 6. The number of carboxylic acids is 1. The molecular weight excluding hydrogens is 396 g/mol. The van der Waals surface area contributed by atoms with Gasteiger partial charge in [-0.2, -0.15) is 5.11 Å². The van der Waals surface area contributed by atoms with E-state index < -0.39 is 12.1 Å². The van der Waals surface area contributed by atoms with E-state index in [4.69, 9.17) is 4.74 Å². The number of aryl methyl sites for hydroxylation is 1. The summed E-state index contributed by atoms with van der Waals surface area (Å²) in [6, 6.07) is 11.7. The number of carbonyl (C=O) groups excluding carboxylic acids is 1. The number of nitrogens with one attached hydrogen (secondary N) is 2. The Bertz CT molecular complexity index is 930. The summed E-state index contributed by atoms with van der Waals surface area (Å²) in [6.07, 6.45) is 5.42. The third kappa shape index (κ3) is 7.18. The lowest BCUT2D eigenvalue weighted by Crippen LogP contribution is -2.28. The monoisotopic (exact) mass is 424 g/mol. The first kappa shape index (κ1) is 22.4. The van der Waals surface area contributed by atoms with Crippen LogP contribution in [0.4, 0.5) is 16.2 Å². The highest BCUT2D eigenvalue weighted by molar-refractivity contribution is 5.93. The van der Waals surface area contributed by atoms with Gasteiger partial charge < -0.3 is 20.5 Å². The topological polar surface area (TPSA) is 112 Å². The molecule has 8 heteroatoms. The van der Waals surface area contributed by atoms with Gasteiger partial charge in [0.2, 0.25) is 0 Å². The molecule has 0 aromatic heterocycles. The first-order valence-corrected chi connectivity index (χ1v) is 10.7. The molecule has 8 nitrogen and oxygen atoms in total. The number of rotatable bonds is 3. The van der Waals surface area contributed by atoms with Crippen LogP contribution in [0.2, 0.25) is 0 Å². The van der Waals surface area contributed by atoms with E-state index in [2.05, 4.69) is 20.9 Å². The average Bonchev–Trinajstić information content (AvgIpc) is 2.77. The van der Waals surface area contributed by atoms with Crippen molar-refractivity contribution < 1.29 is 19.4 Å². The molecule has 1 aliphatic heterocycles. The van der Waals surface area contributed by atoms with Crippen molar-refractivity contribution >= 4 is 23.4 Å². The molecule has 0 bridgehead atoms. The Balaban J connectivity index is 1.78. The minimum atomic E-state index is -1.05. The van der Waals surface area contributed by atoms with Gasteiger partial charge in [-0.15, -0.1) is 5.11 Å². The average molecular weight is 425 g/mol. The fourth-order valence-electron chi connectivity index (χ4n) is 3.36. The number of hydrogen-bond donors (Lipinski definition) is 3. The van der Waals surface area contributed by atoms with Gasteiger partial charge in [0.1, 0.15) is 11.4 Å². The molecule has 0 unspecified atom stereocenters. The number of nitrogens with zero attached hydrogens (tertiary/aromatic N) is 2. The second kappa shape index (κ2) is 11.8. The minimum absolute atomic E-state index is 0.0894. The van der Waals surface area contributed by atoms with E-state index in [1.54, 1.807) is 30.3 Å². The molecule has 0 saturated carbocycles. The lowest BCUT2D eigenvalue weighted by Gasteiger charge is -2.11. The van der Waals surface area contributed by atoms with E-state index in [1.165, 1.54) is 6.07 Å². The summed E-state index contributed by atoms with van der Waals surface area (Å²) in [6.45, 7) is 2.47. The minimum Gasteiger partial charge on any atom is -0.478 e. The van der Waals surface area contributed by atoms with E-state index in [0.717, 1.165) is 50.8 Å². The maximum atomic E-state index is 12.1. The lowest BCUT2D eigenvalue weighted by molar-refractivity contribution is 0.0697. The van der Waals surface area contributed by atoms with Crippen molar-refractivity contribution in [1.29, 1.82) is 0 Å². The summed E-state index contributed by atoms with van der Waals surface area (Å²) in [5, 5.41) is 23.9. The predicted molar refractivity (Wildman–Crippen MR) is 118 cm³/mol. The molecule has 31 heavy (non-hydrogen) atoms. The van der Waals surface area contributed by atoms with Gasteiger partial charge >= 0.3 is 12.1 Å². The first-order valence-electron chi connectivity index (χ1n) is 10.7. The summed E-state index contributed by atoms with van der Waals surface area (Å²) in [5.41, 5.74) is 1.79. The molecule has 3 N–H and O–H groups in total. The van der Waals surface area contributed by atoms with E-state index in [9.17, 15) is 14.7 Å². The summed E-state index contributed by atoms with van der Waals surface area (Å²) in [7, 11) is 0. The van der Waals surface area contributed by atoms with E-state index in [0.29, 0.717) is 24.4 Å². The fraction of sp³-hybridized carbons (Fsp3) is 0.391. The highest BCUT2D eigenvalue weighted by Crippen LogP contribution is 2.28. The van der Waals surface area contributed by atoms with Crippen molar-refractivity contribution in [2.24, 2.45) is 10.2 Å². The van der Waals surface area contributed by atoms with Gasteiger partial charge in [-0.1, -0.05) is 25.0 Å². The normalized spacial score (nSPS) is 16.5. The lowest BCUT2D eigenvalue weighted by atomic mass is 10.1. The Morgan fingerprint density at radius 3 is 2.55 bits per heavy atom. The van der Waals surface area contributed by atoms with Crippen LogP contribution in [0.3, 0.4) is 0 Å². The zero-order valence-corrected chi connectivity index (χ0v) is 17.5. The van der Waals surface area contributed by atoms with Crippen LogP contribution in [0.15, 0.2) is 52.7 Å². The summed E-state index contributed by atoms with van der Waals surface area (Å²) in [4.78, 5) is 23.5. The van der Waals surface area contributed by atoms with Gasteiger partial charge in [-0.05, 0) is 74.7 Å². The zero-order chi connectivity index (χ0) is 21.9. The molecule has 0 saturated heterocycles. The Hall–Kier alpha value is -3.26. The second-order valence-electron chi connectivity index (χ2n) is 7.40. The maximum absolute atomic E-state index is 12.1. The Kier molecular flexibility index (Phi) is 8.54. The molecule has 1 heterocycles. The molecule has 0 spiro atoms. The SMILES string of the molecule is O=C1NCCCCCCNCCCc2cc(/N=N/c3ccccc3C(=O)O)ccc2O1. The molecule has 0 aliphatic carbocycles. The van der Waals surface area contributed by atoms with E-state index in [-0.39, 0.29) is 11.3 Å². The van der Waals surface area contributed by atoms with Crippen LogP contribution < -0.4 is 15.4 Å². The summed E-state index contributed by atoms with van der Waals surface area (Å²) < 4.78 is 5.52. The molecule has 0 fully saturated rings. The first-order chi connectivity index (χ1) is 15.1. The fourth-order valence-corrected chi connectivity index (χ4v) is 3.36. The van der Waals surface area contributed by atoms with E-state index >= 15 is 0 Å². The standard InChI is InChI=1S/C23H28N4O4/c28-22(29)19-9-3-4-10-20(19)27-26-18-11-12-21-17(16-18)8-7-14-24-13-5-1-2-6-15-25-23(30)31-21/h3-4,9-12,16,24H,1-2,5-8,13-15H2,(H,25,30)(H,28,29)/b27-26+. The third-order valence-corrected chi connectivity index (χ3v) is 5.00. The van der Waals surface area contributed by atoms with Crippen LogP contribution in [0, 0.1) is 0 Å². The molecule has 0 radical (unpaired) electrons. The smallest absolute Gasteiger partial charge is 0.412 e. The number of amides is 1. The number of azo groups is 1. The van der Waals surface area contributed by atoms with Gasteiger partial charge in [0, 0.05) is 6.54 Å². The largest absolute Gasteiger partial charge is 0.478 e. The molecule has 3 rings (SSSR count). The summed E-state index contributed by atoms with van der Waals surface area (Å²) >= 11 is 0. The van der Waals surface area contributed by atoms with Gasteiger partial charge in [0.25, 0.3) is 0 Å². The molecule has 2 aromatic rings. The highest BCUT2D eigenvalue weighted by Gasteiger charge is 2.12. The van der Waals surface area contributed by atoms with Crippen molar-refractivity contribution in [2.75, 3.05) is 19.6 Å². The van der Waals surface area contributed by atoms with Gasteiger partial charge in [-0.3, -0.25) is 0 Å². The molecule has 0 atom stereocenters. The van der Waals surface area contributed by atoms with Crippen LogP contribution >= 0.6 is 0 Å². The second-order valence-corrected chi connectivity index (χ2v) is 7.40. The number of aromatic carboxylic acids is 1. The Labute approximate surface area is 181 Å². The molecule has 1 amide bonds. The maximum Gasteiger partial charge on any atom is 0.412 e. The number of carboxylic acid groups (broad SMARTS) is 1. The number of ether oxygens (including phenoxy) is 1.